The molecule has 10 nitrogen and oxygen atoms in total. The van der Waals surface area contributed by atoms with Crippen molar-refractivity contribution in [3.8, 4) is 0 Å². The molecule has 1 spiro atoms. The number of fused-ring (bicyclic) bond motifs is 2. The molecule has 6 rings (SSSR count). The Morgan fingerprint density at radius 3 is 2.79 bits per heavy atom. The highest BCUT2D eigenvalue weighted by atomic mass is 17.3. The maximum atomic E-state index is 12.6. The first-order valence-electron chi connectivity index (χ1n) is 11.8. The van der Waals surface area contributed by atoms with E-state index in [1.165, 1.54) is 18.6 Å². The van der Waals surface area contributed by atoms with Crippen molar-refractivity contribution in [1.29, 1.82) is 0 Å². The van der Waals surface area contributed by atoms with Gasteiger partial charge in [-0.1, -0.05) is 13.8 Å². The third-order valence-electron chi connectivity index (χ3n) is 7.73. The molecule has 4 aliphatic heterocycles. The molecule has 4 saturated heterocycles. The number of carbonyl (C=O) groups excluding carboxylic acids is 2. The molecule has 1 amide bonds. The number of amides is 1. The van der Waals surface area contributed by atoms with Crippen molar-refractivity contribution in [2.75, 3.05) is 5.32 Å². The van der Waals surface area contributed by atoms with Gasteiger partial charge in [-0.3, -0.25) is 14.6 Å². The van der Waals surface area contributed by atoms with Crippen molar-refractivity contribution in [3.05, 3.63) is 18.6 Å². The van der Waals surface area contributed by atoms with Gasteiger partial charge in [0.15, 0.2) is 17.7 Å². The Morgan fingerprint density at radius 1 is 1.15 bits per heavy atom. The average Bonchev–Trinajstić information content (AvgIpc) is 3.02. The van der Waals surface area contributed by atoms with Crippen LogP contribution in [0.4, 0.5) is 5.82 Å². The second kappa shape index (κ2) is 8.57. The average molecular weight is 462 g/mol. The van der Waals surface area contributed by atoms with Crippen LogP contribution in [0, 0.1) is 23.7 Å². The Kier molecular flexibility index (Phi) is 5.88. The van der Waals surface area contributed by atoms with Crippen LogP contribution in [0.25, 0.3) is 0 Å². The Morgan fingerprint density at radius 2 is 2.00 bits per heavy atom. The summed E-state index contributed by atoms with van der Waals surface area (Å²) in [5.41, 5.74) is -0.702. The molecule has 5 heterocycles. The summed E-state index contributed by atoms with van der Waals surface area (Å²) < 4.78 is 18.2. The van der Waals surface area contributed by atoms with Gasteiger partial charge in [-0.25, -0.2) is 14.8 Å². The Balaban J connectivity index is 1.24. The van der Waals surface area contributed by atoms with Gasteiger partial charge in [-0.15, -0.1) is 0 Å². The van der Waals surface area contributed by atoms with E-state index in [0.29, 0.717) is 11.7 Å². The van der Waals surface area contributed by atoms with Crippen LogP contribution in [0.1, 0.15) is 59.3 Å². The number of hydrogen-bond donors (Lipinski definition) is 1. The lowest BCUT2D eigenvalue weighted by Gasteiger charge is -2.59. The van der Waals surface area contributed by atoms with Crippen molar-refractivity contribution in [2.24, 2.45) is 23.7 Å². The number of aromatic nitrogens is 2. The molecule has 10 heteroatoms. The molecule has 1 aromatic heterocycles. The van der Waals surface area contributed by atoms with E-state index in [0.717, 1.165) is 25.7 Å². The Bertz CT molecular complexity index is 901. The number of nitrogens with one attached hydrogen (secondary N) is 1. The molecular formula is C23H31N3O7. The van der Waals surface area contributed by atoms with Crippen molar-refractivity contribution in [2.45, 2.75) is 83.3 Å². The number of ether oxygens (including phenoxy) is 3. The fraction of sp³-hybridized carbons (Fsp3) is 0.739. The van der Waals surface area contributed by atoms with E-state index in [9.17, 15) is 9.59 Å². The number of nitrogens with zero attached hydrogens (tertiary/aromatic N) is 2. The van der Waals surface area contributed by atoms with Crippen molar-refractivity contribution in [1.82, 2.24) is 9.97 Å². The normalized spacial score (nSPS) is 41.5. The molecule has 2 bridgehead atoms. The Labute approximate surface area is 192 Å². The van der Waals surface area contributed by atoms with Crippen LogP contribution in [-0.4, -0.2) is 45.8 Å². The molecule has 5 fully saturated rings. The highest BCUT2D eigenvalue weighted by Crippen LogP contribution is 2.60. The zero-order valence-corrected chi connectivity index (χ0v) is 19.2. The van der Waals surface area contributed by atoms with E-state index < -0.39 is 29.9 Å². The summed E-state index contributed by atoms with van der Waals surface area (Å²) in [4.78, 5) is 44.5. The molecule has 180 valence electrons. The van der Waals surface area contributed by atoms with Gasteiger partial charge < -0.3 is 19.5 Å². The van der Waals surface area contributed by atoms with Gasteiger partial charge in [-0.05, 0) is 38.0 Å². The van der Waals surface area contributed by atoms with E-state index in [4.69, 9.17) is 24.0 Å². The van der Waals surface area contributed by atoms with Crippen LogP contribution in [0.15, 0.2) is 18.6 Å². The summed E-state index contributed by atoms with van der Waals surface area (Å²) in [5.74, 6) is -0.723. The standard InChI is InChI=1S/C23H31N3O7/c1-13-4-5-16-14(2)20(29-19(28)7-6-18(27)26-17-12-24-10-11-25-17)30-21-23(16)15(13)8-9-22(3,31-21)32-33-23/h10-16,20-21H,4-9H2,1-3H3,(H,25,26,27)/t13-,14-,15+,16+,20-,21-,22?,23-/m1/s1. The first-order valence-corrected chi connectivity index (χ1v) is 11.8. The van der Waals surface area contributed by atoms with Gasteiger partial charge in [0.25, 0.3) is 0 Å². The highest BCUT2D eigenvalue weighted by Gasteiger charge is 2.69. The maximum Gasteiger partial charge on any atom is 0.308 e. The SMILES string of the molecule is C[C@H]1[C@H](OC(=O)CCC(=O)Nc2cnccn2)O[C@@H]2OC3(C)CC[C@H]4[C@H](C)CC[C@@H]1[C@@]24OO3. The summed E-state index contributed by atoms with van der Waals surface area (Å²) in [6.07, 6.45) is 6.51. The third kappa shape index (κ3) is 4.03. The van der Waals surface area contributed by atoms with Gasteiger partial charge in [0, 0.05) is 37.1 Å². The summed E-state index contributed by atoms with van der Waals surface area (Å²) in [6.45, 7) is 6.12. The molecular weight excluding hydrogens is 430 g/mol. The van der Waals surface area contributed by atoms with E-state index in [-0.39, 0.29) is 36.5 Å². The molecule has 5 aliphatic rings. The number of anilines is 1. The third-order valence-corrected chi connectivity index (χ3v) is 7.73. The smallest absolute Gasteiger partial charge is 0.308 e. The molecule has 1 aromatic rings. The first kappa shape index (κ1) is 22.6. The summed E-state index contributed by atoms with van der Waals surface area (Å²) >= 11 is 0. The number of carbonyl (C=O) groups is 2. The molecule has 1 saturated carbocycles. The molecule has 1 N–H and O–H groups in total. The lowest BCUT2D eigenvalue weighted by Crippen LogP contribution is -2.70. The zero-order chi connectivity index (χ0) is 23.2. The van der Waals surface area contributed by atoms with Crippen LogP contribution in [-0.2, 0) is 33.6 Å². The lowest BCUT2D eigenvalue weighted by molar-refractivity contribution is -0.576. The second-order valence-electron chi connectivity index (χ2n) is 9.90. The van der Waals surface area contributed by atoms with Crippen LogP contribution in [0.3, 0.4) is 0 Å². The quantitative estimate of drug-likeness (QED) is 0.521. The van der Waals surface area contributed by atoms with Gasteiger partial charge >= 0.3 is 5.97 Å². The predicted octanol–water partition coefficient (Wildman–Crippen LogP) is 2.95. The lowest BCUT2D eigenvalue weighted by atomic mass is 9.58. The topological polar surface area (TPSA) is 118 Å². The minimum atomic E-state index is -0.884. The highest BCUT2D eigenvalue weighted by molar-refractivity contribution is 5.91. The van der Waals surface area contributed by atoms with Crippen molar-refractivity contribution in [3.63, 3.8) is 0 Å². The van der Waals surface area contributed by atoms with Crippen LogP contribution in [0.2, 0.25) is 0 Å². The van der Waals surface area contributed by atoms with Gasteiger partial charge in [0.1, 0.15) is 0 Å². The van der Waals surface area contributed by atoms with Crippen LogP contribution in [0.5, 0.6) is 0 Å². The van der Waals surface area contributed by atoms with E-state index >= 15 is 0 Å². The predicted molar refractivity (Wildman–Crippen MR) is 113 cm³/mol. The fourth-order valence-electron chi connectivity index (χ4n) is 5.98. The molecule has 33 heavy (non-hydrogen) atoms. The number of hydrogen-bond acceptors (Lipinski definition) is 9. The van der Waals surface area contributed by atoms with Gasteiger partial charge in [0.05, 0.1) is 12.6 Å². The van der Waals surface area contributed by atoms with Crippen molar-refractivity contribution >= 4 is 17.7 Å². The molecule has 0 aromatic carbocycles. The summed E-state index contributed by atoms with van der Waals surface area (Å²) in [7, 11) is 0. The minimum absolute atomic E-state index is 0.0294. The first-order chi connectivity index (χ1) is 15.8. The zero-order valence-electron chi connectivity index (χ0n) is 19.2. The second-order valence-corrected chi connectivity index (χ2v) is 9.90. The van der Waals surface area contributed by atoms with Gasteiger partial charge in [0.2, 0.25) is 18.0 Å². The summed E-state index contributed by atoms with van der Waals surface area (Å²) in [6, 6.07) is 0. The van der Waals surface area contributed by atoms with Crippen LogP contribution >= 0.6 is 0 Å². The van der Waals surface area contributed by atoms with E-state index in [1.807, 2.05) is 13.8 Å². The number of esters is 1. The molecule has 8 atom stereocenters. The maximum absolute atomic E-state index is 12.6. The summed E-state index contributed by atoms with van der Waals surface area (Å²) in [5, 5.41) is 2.61. The van der Waals surface area contributed by atoms with E-state index in [1.54, 1.807) is 0 Å². The van der Waals surface area contributed by atoms with Crippen LogP contribution < -0.4 is 5.32 Å². The molecule has 1 aliphatic carbocycles. The number of rotatable bonds is 5. The fourth-order valence-corrected chi connectivity index (χ4v) is 5.98. The monoisotopic (exact) mass is 461 g/mol. The largest absolute Gasteiger partial charge is 0.435 e. The molecule has 0 radical (unpaired) electrons. The molecule has 1 unspecified atom stereocenters. The van der Waals surface area contributed by atoms with Gasteiger partial charge in [-0.2, -0.15) is 0 Å². The van der Waals surface area contributed by atoms with E-state index in [2.05, 4.69) is 22.2 Å². The minimum Gasteiger partial charge on any atom is -0.435 e. The van der Waals surface area contributed by atoms with Crippen molar-refractivity contribution < 1.29 is 33.6 Å². The Hall–Kier alpha value is -2.14.